The molecule has 1 heterocycles. The SMILES string of the molecule is CC(C)C(CO)Nc1c(C#N)cnc2ccccc12. The topological polar surface area (TPSA) is 68.9 Å². The molecule has 98 valence electrons. The van der Waals surface area contributed by atoms with Gasteiger partial charge < -0.3 is 10.4 Å². The maximum Gasteiger partial charge on any atom is 0.103 e. The van der Waals surface area contributed by atoms with Gasteiger partial charge in [-0.15, -0.1) is 0 Å². The Bertz CT molecular complexity index is 616. The molecule has 0 saturated carbocycles. The van der Waals surface area contributed by atoms with E-state index in [-0.39, 0.29) is 18.6 Å². The number of pyridine rings is 1. The third-order valence-electron chi connectivity index (χ3n) is 3.23. The molecular formula is C15H17N3O. The molecule has 1 aromatic carbocycles. The number of aliphatic hydroxyl groups is 1. The molecule has 1 aromatic heterocycles. The first-order valence-electron chi connectivity index (χ1n) is 6.32. The van der Waals surface area contributed by atoms with E-state index in [1.807, 2.05) is 38.1 Å². The van der Waals surface area contributed by atoms with Crippen LogP contribution in [-0.2, 0) is 0 Å². The van der Waals surface area contributed by atoms with Crippen LogP contribution in [0, 0.1) is 17.2 Å². The number of hydrogen-bond donors (Lipinski definition) is 2. The van der Waals surface area contributed by atoms with Crippen LogP contribution < -0.4 is 5.32 Å². The van der Waals surface area contributed by atoms with Crippen LogP contribution in [0.2, 0.25) is 0 Å². The molecule has 0 aliphatic rings. The summed E-state index contributed by atoms with van der Waals surface area (Å²) >= 11 is 0. The van der Waals surface area contributed by atoms with E-state index < -0.39 is 0 Å². The van der Waals surface area contributed by atoms with Gasteiger partial charge in [0.15, 0.2) is 0 Å². The second kappa shape index (κ2) is 5.68. The molecule has 2 N–H and O–H groups in total. The predicted molar refractivity (Wildman–Crippen MR) is 75.8 cm³/mol. The normalized spacial score (nSPS) is 12.4. The lowest BCUT2D eigenvalue weighted by Crippen LogP contribution is -2.29. The van der Waals surface area contributed by atoms with E-state index in [1.54, 1.807) is 6.20 Å². The van der Waals surface area contributed by atoms with Crippen molar-refractivity contribution >= 4 is 16.6 Å². The number of aliphatic hydroxyl groups excluding tert-OH is 1. The molecule has 1 unspecified atom stereocenters. The van der Waals surface area contributed by atoms with E-state index in [1.165, 1.54) is 0 Å². The highest BCUT2D eigenvalue weighted by Gasteiger charge is 2.16. The highest BCUT2D eigenvalue weighted by atomic mass is 16.3. The van der Waals surface area contributed by atoms with Crippen LogP contribution in [0.25, 0.3) is 10.9 Å². The minimum absolute atomic E-state index is 0.0270. The lowest BCUT2D eigenvalue weighted by atomic mass is 10.0. The number of hydrogen-bond acceptors (Lipinski definition) is 4. The Morgan fingerprint density at radius 3 is 2.74 bits per heavy atom. The quantitative estimate of drug-likeness (QED) is 0.880. The maximum atomic E-state index is 9.43. The van der Waals surface area contributed by atoms with Gasteiger partial charge in [-0.25, -0.2) is 0 Å². The average molecular weight is 255 g/mol. The molecule has 0 fully saturated rings. The largest absolute Gasteiger partial charge is 0.394 e. The van der Waals surface area contributed by atoms with Crippen LogP contribution in [0.3, 0.4) is 0 Å². The Kier molecular flexibility index (Phi) is 3.98. The molecule has 0 aliphatic heterocycles. The lowest BCUT2D eigenvalue weighted by molar-refractivity contribution is 0.249. The summed E-state index contributed by atoms with van der Waals surface area (Å²) in [6.45, 7) is 4.09. The maximum absolute atomic E-state index is 9.43. The molecule has 1 atom stereocenters. The number of anilines is 1. The number of benzene rings is 1. The molecule has 4 nitrogen and oxygen atoms in total. The van der Waals surface area contributed by atoms with Crippen molar-refractivity contribution in [2.75, 3.05) is 11.9 Å². The molecule has 19 heavy (non-hydrogen) atoms. The van der Waals surface area contributed by atoms with Crippen molar-refractivity contribution < 1.29 is 5.11 Å². The summed E-state index contributed by atoms with van der Waals surface area (Å²) in [5.74, 6) is 0.267. The van der Waals surface area contributed by atoms with E-state index in [9.17, 15) is 10.4 Å². The van der Waals surface area contributed by atoms with Crippen molar-refractivity contribution in [3.05, 3.63) is 36.0 Å². The zero-order chi connectivity index (χ0) is 13.8. The fourth-order valence-corrected chi connectivity index (χ4v) is 1.99. The minimum Gasteiger partial charge on any atom is -0.394 e. The smallest absolute Gasteiger partial charge is 0.103 e. The van der Waals surface area contributed by atoms with E-state index >= 15 is 0 Å². The van der Waals surface area contributed by atoms with Crippen molar-refractivity contribution in [2.24, 2.45) is 5.92 Å². The van der Waals surface area contributed by atoms with E-state index in [0.29, 0.717) is 5.56 Å². The lowest BCUT2D eigenvalue weighted by Gasteiger charge is -2.22. The summed E-state index contributed by atoms with van der Waals surface area (Å²) in [4.78, 5) is 4.27. The Morgan fingerprint density at radius 1 is 1.37 bits per heavy atom. The third kappa shape index (κ3) is 2.67. The van der Waals surface area contributed by atoms with Crippen molar-refractivity contribution in [1.82, 2.24) is 4.98 Å². The summed E-state index contributed by atoms with van der Waals surface area (Å²) in [5, 5.41) is 22.8. The van der Waals surface area contributed by atoms with Crippen molar-refractivity contribution in [3.8, 4) is 6.07 Å². The zero-order valence-electron chi connectivity index (χ0n) is 11.1. The summed E-state index contributed by atoms with van der Waals surface area (Å²) in [7, 11) is 0. The van der Waals surface area contributed by atoms with Gasteiger partial charge >= 0.3 is 0 Å². The molecule has 0 aliphatic carbocycles. The fourth-order valence-electron chi connectivity index (χ4n) is 1.99. The van der Waals surface area contributed by atoms with Gasteiger partial charge in [0.1, 0.15) is 6.07 Å². The second-order valence-electron chi connectivity index (χ2n) is 4.85. The standard InChI is InChI=1S/C15H17N3O/c1-10(2)14(9-19)18-15-11(7-16)8-17-13-6-4-3-5-12(13)15/h3-6,8,10,14,19H,9H2,1-2H3,(H,17,18). The predicted octanol–water partition coefficient (Wildman–Crippen LogP) is 2.54. The average Bonchev–Trinajstić information content (AvgIpc) is 2.44. The van der Waals surface area contributed by atoms with Crippen LogP contribution in [0.5, 0.6) is 0 Å². The second-order valence-corrected chi connectivity index (χ2v) is 4.85. The molecule has 0 saturated heterocycles. The monoisotopic (exact) mass is 255 g/mol. The highest BCUT2D eigenvalue weighted by Crippen LogP contribution is 2.26. The number of rotatable bonds is 4. The number of nitrogens with one attached hydrogen (secondary N) is 1. The molecule has 0 amide bonds. The van der Waals surface area contributed by atoms with E-state index in [0.717, 1.165) is 16.6 Å². The molecule has 2 aromatic rings. The summed E-state index contributed by atoms with van der Waals surface area (Å²) < 4.78 is 0. The van der Waals surface area contributed by atoms with Gasteiger partial charge in [-0.2, -0.15) is 5.26 Å². The Morgan fingerprint density at radius 2 is 2.11 bits per heavy atom. The number of para-hydroxylation sites is 1. The van der Waals surface area contributed by atoms with Crippen molar-refractivity contribution in [2.45, 2.75) is 19.9 Å². The highest BCUT2D eigenvalue weighted by molar-refractivity contribution is 5.93. The minimum atomic E-state index is -0.0853. The van der Waals surface area contributed by atoms with Gasteiger partial charge in [-0.1, -0.05) is 32.0 Å². The number of nitrogens with zero attached hydrogens (tertiary/aromatic N) is 2. The summed E-state index contributed by atoms with van der Waals surface area (Å²) in [6, 6.07) is 9.73. The zero-order valence-corrected chi connectivity index (χ0v) is 11.1. The van der Waals surface area contributed by atoms with Gasteiger partial charge in [0.05, 0.1) is 29.4 Å². The molecule has 2 rings (SSSR count). The van der Waals surface area contributed by atoms with Gasteiger partial charge in [0.25, 0.3) is 0 Å². The summed E-state index contributed by atoms with van der Waals surface area (Å²) in [6.07, 6.45) is 1.57. The van der Waals surface area contributed by atoms with Gasteiger partial charge in [0.2, 0.25) is 0 Å². The van der Waals surface area contributed by atoms with E-state index in [2.05, 4.69) is 16.4 Å². The molecule has 0 bridgehead atoms. The third-order valence-corrected chi connectivity index (χ3v) is 3.23. The summed E-state index contributed by atoms with van der Waals surface area (Å²) in [5.41, 5.74) is 2.09. The van der Waals surface area contributed by atoms with Crippen LogP contribution in [0.4, 0.5) is 5.69 Å². The molecule has 0 radical (unpaired) electrons. The van der Waals surface area contributed by atoms with Gasteiger partial charge in [-0.3, -0.25) is 4.98 Å². The first-order chi connectivity index (χ1) is 9.17. The number of fused-ring (bicyclic) bond motifs is 1. The van der Waals surface area contributed by atoms with E-state index in [4.69, 9.17) is 0 Å². The van der Waals surface area contributed by atoms with Gasteiger partial charge in [-0.05, 0) is 12.0 Å². The Labute approximate surface area is 112 Å². The van der Waals surface area contributed by atoms with Gasteiger partial charge in [0, 0.05) is 11.6 Å². The fraction of sp³-hybridized carbons (Fsp3) is 0.333. The number of nitriles is 1. The van der Waals surface area contributed by atoms with Crippen LogP contribution >= 0.6 is 0 Å². The van der Waals surface area contributed by atoms with Crippen LogP contribution in [-0.4, -0.2) is 22.7 Å². The first kappa shape index (κ1) is 13.3. The van der Waals surface area contributed by atoms with Crippen molar-refractivity contribution in [3.63, 3.8) is 0 Å². The molecule has 0 spiro atoms. The molecule has 4 heteroatoms. The Hall–Kier alpha value is -2.12. The van der Waals surface area contributed by atoms with Crippen molar-refractivity contribution in [1.29, 1.82) is 5.26 Å². The molecular weight excluding hydrogens is 238 g/mol. The first-order valence-corrected chi connectivity index (χ1v) is 6.32. The Balaban J connectivity index is 2.53. The number of aromatic nitrogens is 1. The van der Waals surface area contributed by atoms with Crippen LogP contribution in [0.1, 0.15) is 19.4 Å². The van der Waals surface area contributed by atoms with Crippen LogP contribution in [0.15, 0.2) is 30.5 Å².